The molecule has 0 aromatic heterocycles. The van der Waals surface area contributed by atoms with Crippen LogP contribution in [0.25, 0.3) is 0 Å². The Morgan fingerprint density at radius 2 is 1.75 bits per heavy atom. The zero-order valence-corrected chi connectivity index (χ0v) is 11.2. The molecule has 0 atom stereocenters. The third kappa shape index (κ3) is 11.1. The quantitative estimate of drug-likeness (QED) is 0.746. The van der Waals surface area contributed by atoms with Gasteiger partial charge in [0.1, 0.15) is 6.61 Å². The highest BCUT2D eigenvalue weighted by atomic mass is 16.5. The van der Waals surface area contributed by atoms with E-state index in [-0.39, 0.29) is 23.5 Å². The van der Waals surface area contributed by atoms with E-state index in [1.807, 2.05) is 41.5 Å². The minimum Gasteiger partial charge on any atom is -0.366 e. The molecule has 0 saturated heterocycles. The molecule has 1 amide bonds. The topological polar surface area (TPSA) is 38.3 Å². The third-order valence-electron chi connectivity index (χ3n) is 1.47. The zero-order valence-electron chi connectivity index (χ0n) is 11.2. The molecule has 3 nitrogen and oxygen atoms in total. The first-order chi connectivity index (χ1) is 7.10. The summed E-state index contributed by atoms with van der Waals surface area (Å²) in [5, 5.41) is 2.69. The van der Waals surface area contributed by atoms with Crippen LogP contribution in [0.2, 0.25) is 0 Å². The summed E-state index contributed by atoms with van der Waals surface area (Å²) in [4.78, 5) is 11.3. The summed E-state index contributed by atoms with van der Waals surface area (Å²) in [6.07, 6.45) is 0. The first kappa shape index (κ1) is 15.0. The van der Waals surface area contributed by atoms with E-state index in [2.05, 4.69) is 17.2 Å². The number of hydrogen-bond acceptors (Lipinski definition) is 2. The van der Waals surface area contributed by atoms with E-state index in [9.17, 15) is 4.79 Å². The van der Waals surface area contributed by atoms with Gasteiger partial charge in [0.25, 0.3) is 0 Å². The van der Waals surface area contributed by atoms with Crippen LogP contribution in [0.4, 0.5) is 0 Å². The molecule has 0 radical (unpaired) electrons. The molecule has 1 N–H and O–H groups in total. The van der Waals surface area contributed by atoms with Crippen molar-refractivity contribution in [3.8, 4) is 11.8 Å². The average molecular weight is 225 g/mol. The van der Waals surface area contributed by atoms with Crippen molar-refractivity contribution in [2.24, 2.45) is 5.41 Å². The van der Waals surface area contributed by atoms with Gasteiger partial charge in [0.15, 0.2) is 0 Å². The van der Waals surface area contributed by atoms with Gasteiger partial charge in [-0.3, -0.25) is 4.79 Å². The lowest BCUT2D eigenvalue weighted by Gasteiger charge is -2.18. The molecule has 0 spiro atoms. The normalized spacial score (nSPS) is 11.6. The fourth-order valence-electron chi connectivity index (χ4n) is 0.785. The van der Waals surface area contributed by atoms with Crippen LogP contribution < -0.4 is 5.32 Å². The van der Waals surface area contributed by atoms with E-state index in [0.717, 1.165) is 0 Å². The van der Waals surface area contributed by atoms with Crippen LogP contribution in [-0.4, -0.2) is 24.7 Å². The molecule has 0 aliphatic heterocycles. The molecular weight excluding hydrogens is 202 g/mol. The van der Waals surface area contributed by atoms with Crippen molar-refractivity contribution in [2.45, 2.75) is 47.1 Å². The molecule has 0 saturated carbocycles. The van der Waals surface area contributed by atoms with E-state index in [0.29, 0.717) is 6.54 Å². The monoisotopic (exact) mass is 225 g/mol. The van der Waals surface area contributed by atoms with Crippen molar-refractivity contribution in [1.82, 2.24) is 5.32 Å². The highest BCUT2D eigenvalue weighted by Gasteiger charge is 2.12. The largest absolute Gasteiger partial charge is 0.366 e. The van der Waals surface area contributed by atoms with Crippen LogP contribution in [0.3, 0.4) is 0 Å². The summed E-state index contributed by atoms with van der Waals surface area (Å²) in [7, 11) is 0. The number of nitrogens with one attached hydrogen (secondary N) is 1. The summed E-state index contributed by atoms with van der Waals surface area (Å²) < 4.78 is 5.33. The Bertz CT molecular complexity index is 284. The minimum absolute atomic E-state index is 0.0212. The van der Waals surface area contributed by atoms with Gasteiger partial charge in [0.05, 0.1) is 12.1 Å². The molecule has 0 aromatic carbocycles. The van der Waals surface area contributed by atoms with E-state index >= 15 is 0 Å². The van der Waals surface area contributed by atoms with Gasteiger partial charge in [-0.15, -0.1) is 0 Å². The van der Waals surface area contributed by atoms with Gasteiger partial charge < -0.3 is 10.1 Å². The maximum atomic E-state index is 11.3. The molecule has 0 heterocycles. The fraction of sp³-hybridized carbons (Fsp3) is 0.769. The predicted molar refractivity (Wildman–Crippen MR) is 65.9 cm³/mol. The van der Waals surface area contributed by atoms with Crippen LogP contribution in [-0.2, 0) is 9.53 Å². The standard InChI is InChI=1S/C13H23NO2/c1-12(2,3)8-7-9-14-11(15)10-16-13(4,5)6/h9-10H2,1-6H3,(H,14,15). The Morgan fingerprint density at radius 3 is 2.19 bits per heavy atom. The molecule has 3 heteroatoms. The van der Waals surface area contributed by atoms with Gasteiger partial charge in [0.2, 0.25) is 5.91 Å². The number of carbonyl (C=O) groups is 1. The second-order valence-electron chi connectivity index (χ2n) is 5.73. The van der Waals surface area contributed by atoms with Crippen molar-refractivity contribution in [1.29, 1.82) is 0 Å². The lowest BCUT2D eigenvalue weighted by molar-refractivity contribution is -0.130. The Hall–Kier alpha value is -1.01. The van der Waals surface area contributed by atoms with Crippen LogP contribution in [0.15, 0.2) is 0 Å². The molecule has 0 unspecified atom stereocenters. The van der Waals surface area contributed by atoms with E-state index in [1.54, 1.807) is 0 Å². The lowest BCUT2D eigenvalue weighted by Crippen LogP contribution is -2.32. The number of amides is 1. The summed E-state index contributed by atoms with van der Waals surface area (Å²) in [6.45, 7) is 12.3. The maximum absolute atomic E-state index is 11.3. The highest BCUT2D eigenvalue weighted by Crippen LogP contribution is 2.09. The van der Waals surface area contributed by atoms with Gasteiger partial charge in [0, 0.05) is 5.41 Å². The van der Waals surface area contributed by atoms with Crippen molar-refractivity contribution >= 4 is 5.91 Å². The molecular formula is C13H23NO2. The summed E-state index contributed by atoms with van der Waals surface area (Å²) in [5.41, 5.74) is -0.304. The van der Waals surface area contributed by atoms with Crippen molar-refractivity contribution in [3.63, 3.8) is 0 Å². The van der Waals surface area contributed by atoms with E-state index < -0.39 is 0 Å². The average Bonchev–Trinajstić information content (AvgIpc) is 2.06. The molecule has 0 aromatic rings. The van der Waals surface area contributed by atoms with Crippen molar-refractivity contribution in [3.05, 3.63) is 0 Å². The Labute approximate surface area is 98.9 Å². The molecule has 0 aliphatic rings. The summed E-state index contributed by atoms with van der Waals surface area (Å²) in [5.74, 6) is 5.83. The Morgan fingerprint density at radius 1 is 1.19 bits per heavy atom. The highest BCUT2D eigenvalue weighted by molar-refractivity contribution is 5.77. The first-order valence-electron chi connectivity index (χ1n) is 5.51. The van der Waals surface area contributed by atoms with Gasteiger partial charge in [-0.2, -0.15) is 0 Å². The maximum Gasteiger partial charge on any atom is 0.246 e. The SMILES string of the molecule is CC(C)(C)C#CCNC(=O)COC(C)(C)C. The van der Waals surface area contributed by atoms with E-state index in [1.165, 1.54) is 0 Å². The number of hydrogen-bond donors (Lipinski definition) is 1. The molecule has 0 rings (SSSR count). The molecule has 16 heavy (non-hydrogen) atoms. The van der Waals surface area contributed by atoms with E-state index in [4.69, 9.17) is 4.74 Å². The van der Waals surface area contributed by atoms with Crippen LogP contribution >= 0.6 is 0 Å². The Balaban J connectivity index is 3.78. The number of ether oxygens (including phenoxy) is 1. The van der Waals surface area contributed by atoms with Gasteiger partial charge in [-0.1, -0.05) is 11.8 Å². The molecule has 0 bridgehead atoms. The minimum atomic E-state index is -0.283. The summed E-state index contributed by atoms with van der Waals surface area (Å²) >= 11 is 0. The second-order valence-corrected chi connectivity index (χ2v) is 5.73. The number of rotatable bonds is 3. The summed E-state index contributed by atoms with van der Waals surface area (Å²) in [6, 6.07) is 0. The fourth-order valence-corrected chi connectivity index (χ4v) is 0.785. The van der Waals surface area contributed by atoms with Crippen molar-refractivity contribution < 1.29 is 9.53 Å². The lowest BCUT2D eigenvalue weighted by atomic mass is 9.98. The van der Waals surface area contributed by atoms with Crippen LogP contribution in [0, 0.1) is 17.3 Å². The van der Waals surface area contributed by atoms with Gasteiger partial charge >= 0.3 is 0 Å². The smallest absolute Gasteiger partial charge is 0.246 e. The number of carbonyl (C=O) groups excluding carboxylic acids is 1. The Kier molecular flexibility index (Phi) is 5.53. The van der Waals surface area contributed by atoms with Gasteiger partial charge in [-0.05, 0) is 41.5 Å². The molecule has 0 fully saturated rings. The molecule has 92 valence electrons. The zero-order chi connectivity index (χ0) is 12.8. The van der Waals surface area contributed by atoms with Crippen LogP contribution in [0.5, 0.6) is 0 Å². The predicted octanol–water partition coefficient (Wildman–Crippen LogP) is 1.97. The third-order valence-corrected chi connectivity index (χ3v) is 1.47. The van der Waals surface area contributed by atoms with Crippen molar-refractivity contribution in [2.75, 3.05) is 13.2 Å². The first-order valence-corrected chi connectivity index (χ1v) is 5.51. The van der Waals surface area contributed by atoms with Crippen LogP contribution in [0.1, 0.15) is 41.5 Å². The van der Waals surface area contributed by atoms with Gasteiger partial charge in [-0.25, -0.2) is 0 Å². The second kappa shape index (κ2) is 5.91. The molecule has 0 aliphatic carbocycles.